The number of hydrogen-bond acceptors (Lipinski definition) is 7. The van der Waals surface area contributed by atoms with Crippen LogP contribution in [0.15, 0.2) is 0 Å². The van der Waals surface area contributed by atoms with Crippen LogP contribution in [-0.4, -0.2) is 76.0 Å². The van der Waals surface area contributed by atoms with Gasteiger partial charge in [-0.15, -0.1) is 0 Å². The van der Waals surface area contributed by atoms with Crippen molar-refractivity contribution in [3.05, 3.63) is 0 Å². The number of carbonyl (C=O) groups excluding carboxylic acids is 3. The van der Waals surface area contributed by atoms with Gasteiger partial charge >= 0.3 is 11.9 Å². The summed E-state index contributed by atoms with van der Waals surface area (Å²) in [6.07, 6.45) is 1.93. The molecule has 5 unspecified atom stereocenters. The molecule has 7 N–H and O–H groups in total. The van der Waals surface area contributed by atoms with Crippen molar-refractivity contribution in [3.8, 4) is 0 Å². The van der Waals surface area contributed by atoms with Gasteiger partial charge in [-0.05, 0) is 36.7 Å². The van der Waals surface area contributed by atoms with Crippen molar-refractivity contribution in [1.29, 1.82) is 0 Å². The molecule has 0 aliphatic rings. The molecule has 0 aromatic rings. The molecule has 0 saturated carbocycles. The number of carbonyl (C=O) groups is 5. The Labute approximate surface area is 199 Å². The highest BCUT2D eigenvalue weighted by atomic mass is 32.2. The Morgan fingerprint density at radius 2 is 1.39 bits per heavy atom. The van der Waals surface area contributed by atoms with Gasteiger partial charge in [0.15, 0.2) is 0 Å². The highest BCUT2D eigenvalue weighted by Crippen LogP contribution is 2.10. The quantitative estimate of drug-likeness (QED) is 0.175. The first-order chi connectivity index (χ1) is 15.3. The van der Waals surface area contributed by atoms with Crippen molar-refractivity contribution < 1.29 is 34.2 Å². The van der Waals surface area contributed by atoms with Crippen LogP contribution in [0, 0.1) is 11.8 Å². The van der Waals surface area contributed by atoms with Gasteiger partial charge in [0.1, 0.15) is 18.1 Å². The third-order valence-electron chi connectivity index (χ3n) is 5.32. The van der Waals surface area contributed by atoms with Crippen molar-refractivity contribution in [2.75, 3.05) is 12.0 Å². The molecule has 12 heteroatoms. The van der Waals surface area contributed by atoms with Crippen LogP contribution in [0.2, 0.25) is 0 Å². The molecule has 0 radical (unpaired) electrons. The summed E-state index contributed by atoms with van der Waals surface area (Å²) in [6, 6.07) is -4.29. The maximum absolute atomic E-state index is 12.9. The van der Waals surface area contributed by atoms with E-state index in [9.17, 15) is 29.1 Å². The lowest BCUT2D eigenvalue weighted by Gasteiger charge is -2.26. The molecule has 0 saturated heterocycles. The SMILES string of the molecule is CCC(C)C(NC(=O)C(CCC(=O)O)NC(=O)C(CCSC)NC(=O)C(N)C(C)C)C(=O)O. The molecule has 0 heterocycles. The van der Waals surface area contributed by atoms with Crippen molar-refractivity contribution in [3.63, 3.8) is 0 Å². The lowest BCUT2D eigenvalue weighted by Crippen LogP contribution is -2.58. The number of carboxylic acids is 2. The van der Waals surface area contributed by atoms with Crippen LogP contribution in [0.5, 0.6) is 0 Å². The van der Waals surface area contributed by atoms with Crippen LogP contribution in [-0.2, 0) is 24.0 Å². The summed E-state index contributed by atoms with van der Waals surface area (Å²) in [4.78, 5) is 60.7. The monoisotopic (exact) mass is 490 g/mol. The van der Waals surface area contributed by atoms with E-state index < -0.39 is 60.2 Å². The normalized spacial score (nSPS) is 15.6. The van der Waals surface area contributed by atoms with Crippen LogP contribution in [0.3, 0.4) is 0 Å². The zero-order valence-electron chi connectivity index (χ0n) is 19.9. The Kier molecular flexibility index (Phi) is 14.4. The van der Waals surface area contributed by atoms with Gasteiger partial charge in [0, 0.05) is 6.42 Å². The van der Waals surface area contributed by atoms with E-state index in [1.54, 1.807) is 27.7 Å². The zero-order valence-corrected chi connectivity index (χ0v) is 20.7. The van der Waals surface area contributed by atoms with E-state index >= 15 is 0 Å². The average molecular weight is 491 g/mol. The Morgan fingerprint density at radius 3 is 1.85 bits per heavy atom. The molecule has 0 aromatic heterocycles. The first-order valence-electron chi connectivity index (χ1n) is 11.0. The fraction of sp³-hybridized carbons (Fsp3) is 0.762. The maximum atomic E-state index is 12.9. The first-order valence-corrected chi connectivity index (χ1v) is 12.3. The third-order valence-corrected chi connectivity index (χ3v) is 5.97. The Balaban J connectivity index is 5.58. The lowest BCUT2D eigenvalue weighted by molar-refractivity contribution is -0.144. The molecule has 0 bridgehead atoms. The van der Waals surface area contributed by atoms with Crippen molar-refractivity contribution in [2.45, 2.75) is 77.5 Å². The van der Waals surface area contributed by atoms with E-state index in [4.69, 9.17) is 10.8 Å². The summed E-state index contributed by atoms with van der Waals surface area (Å²) in [7, 11) is 0. The predicted octanol–water partition coefficient (Wildman–Crippen LogP) is 0.173. The second kappa shape index (κ2) is 15.5. The first kappa shape index (κ1) is 30.7. The number of nitrogens with one attached hydrogen (secondary N) is 3. The second-order valence-electron chi connectivity index (χ2n) is 8.32. The van der Waals surface area contributed by atoms with Gasteiger partial charge in [0.25, 0.3) is 0 Å². The van der Waals surface area contributed by atoms with E-state index in [0.717, 1.165) is 0 Å². The number of rotatable bonds is 16. The lowest BCUT2D eigenvalue weighted by atomic mass is 9.98. The summed E-state index contributed by atoms with van der Waals surface area (Å²) in [5.41, 5.74) is 5.86. The van der Waals surface area contributed by atoms with Crippen molar-refractivity contribution in [1.82, 2.24) is 16.0 Å². The van der Waals surface area contributed by atoms with Gasteiger partial charge in [-0.2, -0.15) is 11.8 Å². The van der Waals surface area contributed by atoms with E-state index in [0.29, 0.717) is 12.2 Å². The third kappa shape index (κ3) is 11.4. The average Bonchev–Trinajstić information content (AvgIpc) is 2.75. The van der Waals surface area contributed by atoms with Crippen LogP contribution in [0.25, 0.3) is 0 Å². The van der Waals surface area contributed by atoms with E-state index in [1.165, 1.54) is 11.8 Å². The minimum absolute atomic E-state index is 0.156. The molecule has 0 aliphatic carbocycles. The van der Waals surface area contributed by atoms with Crippen LogP contribution in [0.4, 0.5) is 0 Å². The molecule has 33 heavy (non-hydrogen) atoms. The zero-order chi connectivity index (χ0) is 25.7. The largest absolute Gasteiger partial charge is 0.481 e. The number of thioether (sulfide) groups is 1. The van der Waals surface area contributed by atoms with E-state index in [1.807, 2.05) is 6.26 Å². The van der Waals surface area contributed by atoms with Gasteiger partial charge in [0.05, 0.1) is 6.04 Å². The molecule has 11 nitrogen and oxygen atoms in total. The summed E-state index contributed by atoms with van der Waals surface area (Å²) in [5.74, 6) is -4.38. The summed E-state index contributed by atoms with van der Waals surface area (Å²) >= 11 is 1.46. The molecule has 0 aliphatic heterocycles. The number of hydrogen-bond donors (Lipinski definition) is 6. The Morgan fingerprint density at radius 1 is 0.879 bits per heavy atom. The molecule has 0 fully saturated rings. The van der Waals surface area contributed by atoms with E-state index in [-0.39, 0.29) is 24.7 Å². The topological polar surface area (TPSA) is 188 Å². The van der Waals surface area contributed by atoms with Gasteiger partial charge < -0.3 is 31.9 Å². The number of amides is 3. The van der Waals surface area contributed by atoms with E-state index in [2.05, 4.69) is 16.0 Å². The van der Waals surface area contributed by atoms with Gasteiger partial charge in [-0.25, -0.2) is 4.79 Å². The summed E-state index contributed by atoms with van der Waals surface area (Å²) in [5, 5.41) is 25.9. The van der Waals surface area contributed by atoms with Crippen LogP contribution in [0.1, 0.15) is 53.4 Å². The molecule has 0 spiro atoms. The molecular weight excluding hydrogens is 452 g/mol. The highest BCUT2D eigenvalue weighted by Gasteiger charge is 2.32. The molecule has 3 amide bonds. The Bertz CT molecular complexity index is 690. The van der Waals surface area contributed by atoms with Gasteiger partial charge in [-0.3, -0.25) is 19.2 Å². The Hall–Kier alpha value is -2.34. The van der Waals surface area contributed by atoms with Crippen molar-refractivity contribution >= 4 is 41.4 Å². The number of nitrogens with two attached hydrogens (primary N) is 1. The fourth-order valence-electron chi connectivity index (χ4n) is 2.82. The second-order valence-corrected chi connectivity index (χ2v) is 9.30. The predicted molar refractivity (Wildman–Crippen MR) is 126 cm³/mol. The smallest absolute Gasteiger partial charge is 0.326 e. The molecule has 190 valence electrons. The molecular formula is C21H38N4O7S. The minimum atomic E-state index is -1.29. The summed E-state index contributed by atoms with van der Waals surface area (Å²) in [6.45, 7) is 6.97. The molecule has 0 aromatic carbocycles. The maximum Gasteiger partial charge on any atom is 0.326 e. The number of carboxylic acid groups (broad SMARTS) is 2. The minimum Gasteiger partial charge on any atom is -0.481 e. The fourth-order valence-corrected chi connectivity index (χ4v) is 3.29. The van der Waals surface area contributed by atoms with Crippen LogP contribution < -0.4 is 21.7 Å². The highest BCUT2D eigenvalue weighted by molar-refractivity contribution is 7.98. The van der Waals surface area contributed by atoms with Crippen molar-refractivity contribution in [2.24, 2.45) is 17.6 Å². The standard InChI is InChI=1S/C21H38N4O7S/c1-6-12(4)17(21(31)32)25-19(29)13(7-8-15(26)27)23-18(28)14(9-10-33-5)24-20(30)16(22)11(2)3/h11-14,16-17H,6-10,22H2,1-5H3,(H,23,28)(H,24,30)(H,25,29)(H,26,27)(H,31,32). The van der Waals surface area contributed by atoms with Gasteiger partial charge in [0.2, 0.25) is 17.7 Å². The summed E-state index contributed by atoms with van der Waals surface area (Å²) < 4.78 is 0. The van der Waals surface area contributed by atoms with Crippen LogP contribution >= 0.6 is 11.8 Å². The van der Waals surface area contributed by atoms with Gasteiger partial charge in [-0.1, -0.05) is 34.1 Å². The molecule has 5 atom stereocenters. The molecule has 0 rings (SSSR count). The number of aliphatic carboxylic acids is 2.